The number of halogens is 2. The third-order valence-electron chi connectivity index (χ3n) is 10.2. The summed E-state index contributed by atoms with van der Waals surface area (Å²) in [6.07, 6.45) is 2.88. The molecule has 0 bridgehead atoms. The fourth-order valence-corrected chi connectivity index (χ4v) is 7.74. The molecule has 2 fully saturated rings. The van der Waals surface area contributed by atoms with Crippen molar-refractivity contribution in [2.45, 2.75) is 89.1 Å². The minimum Gasteiger partial charge on any atom is -0.446 e. The first-order chi connectivity index (χ1) is 21.2. The van der Waals surface area contributed by atoms with Gasteiger partial charge in [0.05, 0.1) is 29.9 Å². The first-order valence-corrected chi connectivity index (χ1v) is 15.7. The number of aromatic nitrogens is 2. The number of alkyl halides is 2. The fourth-order valence-electron chi connectivity index (χ4n) is 7.74. The number of ether oxygens (including phenoxy) is 3. The van der Waals surface area contributed by atoms with E-state index in [0.717, 1.165) is 56.3 Å². The SMILES string of the molecule is CCC1(OC(=O)CCN2CCCCC2)C(=O)Cc2c1cc1n(c2=O)Cc2c-1nc1cc3c(cc1c2C1CCC1)OC(F)(F)O3. The summed E-state index contributed by atoms with van der Waals surface area (Å²) >= 11 is 0. The van der Waals surface area contributed by atoms with Crippen molar-refractivity contribution in [1.29, 1.82) is 0 Å². The lowest BCUT2D eigenvalue weighted by Gasteiger charge is -2.29. The number of nitrogens with zero attached hydrogens (tertiary/aromatic N) is 3. The van der Waals surface area contributed by atoms with Gasteiger partial charge in [0.2, 0.25) is 0 Å². The van der Waals surface area contributed by atoms with Gasteiger partial charge in [-0.3, -0.25) is 14.4 Å². The van der Waals surface area contributed by atoms with Gasteiger partial charge >= 0.3 is 12.3 Å². The van der Waals surface area contributed by atoms with E-state index in [1.807, 2.05) is 0 Å². The minimum absolute atomic E-state index is 0.0372. The standard InChI is InChI=1S/C33H33F2N3O6/c1-2-32(44-28(40)9-12-37-10-4-3-5-11-37)22-15-24-30-21(17-38(24)31(41)19(22)14-27(32)39)29(18-7-6-8-18)20-13-25-26(16-23(20)36-30)43-33(34,35)42-25/h13,15-16,18H,2-12,14,17H2,1H3. The number of benzene rings is 1. The number of fused-ring (bicyclic) bond motifs is 6. The van der Waals surface area contributed by atoms with Crippen molar-refractivity contribution in [3.8, 4) is 22.9 Å². The molecule has 0 amide bonds. The van der Waals surface area contributed by atoms with Crippen LogP contribution in [0.1, 0.15) is 86.5 Å². The molecular formula is C33H33F2N3O6. The molecule has 1 aromatic carbocycles. The summed E-state index contributed by atoms with van der Waals surface area (Å²) in [5, 5.41) is 0.711. The van der Waals surface area contributed by atoms with Crippen LogP contribution in [0.2, 0.25) is 0 Å². The van der Waals surface area contributed by atoms with Crippen LogP contribution in [0.5, 0.6) is 11.5 Å². The summed E-state index contributed by atoms with van der Waals surface area (Å²) in [7, 11) is 0. The molecule has 2 aliphatic carbocycles. The zero-order chi connectivity index (χ0) is 30.4. The third kappa shape index (κ3) is 4.11. The van der Waals surface area contributed by atoms with Crippen molar-refractivity contribution < 1.29 is 32.6 Å². The lowest BCUT2D eigenvalue weighted by molar-refractivity contribution is -0.286. The van der Waals surface area contributed by atoms with E-state index in [2.05, 4.69) is 4.90 Å². The molecule has 0 N–H and O–H groups in total. The molecular weight excluding hydrogens is 572 g/mol. The zero-order valence-electron chi connectivity index (χ0n) is 24.5. The highest BCUT2D eigenvalue weighted by molar-refractivity contribution is 5.98. The molecule has 0 radical (unpaired) electrons. The molecule has 8 rings (SSSR count). The minimum atomic E-state index is -3.75. The Balaban J connectivity index is 1.21. The number of hydrogen-bond acceptors (Lipinski definition) is 8. The fraction of sp³-hybridized carbons (Fsp3) is 0.515. The normalized spacial score (nSPS) is 23.4. The molecule has 1 atom stereocenters. The molecule has 2 aromatic heterocycles. The van der Waals surface area contributed by atoms with Gasteiger partial charge in [0.1, 0.15) is 0 Å². The van der Waals surface area contributed by atoms with Gasteiger partial charge in [-0.15, -0.1) is 8.78 Å². The predicted molar refractivity (Wildman–Crippen MR) is 155 cm³/mol. The number of hydrogen-bond donors (Lipinski definition) is 0. The first-order valence-electron chi connectivity index (χ1n) is 15.7. The van der Waals surface area contributed by atoms with Gasteiger partial charge in [-0.25, -0.2) is 4.98 Å². The Morgan fingerprint density at radius 2 is 1.80 bits per heavy atom. The van der Waals surface area contributed by atoms with Crippen molar-refractivity contribution in [2.75, 3.05) is 19.6 Å². The Hall–Kier alpha value is -3.86. The molecule has 44 heavy (non-hydrogen) atoms. The average molecular weight is 606 g/mol. The summed E-state index contributed by atoms with van der Waals surface area (Å²) in [5.41, 5.74) is 2.40. The maximum absolute atomic E-state index is 14.0. The van der Waals surface area contributed by atoms with Gasteiger partial charge in [0, 0.05) is 41.1 Å². The highest BCUT2D eigenvalue weighted by Crippen LogP contribution is 2.50. The number of Topliss-reactive ketones (excluding diaryl/α,β-unsaturated/α-hetero) is 1. The Kier molecular flexibility index (Phi) is 6.18. The van der Waals surface area contributed by atoms with E-state index in [1.165, 1.54) is 12.5 Å². The van der Waals surface area contributed by atoms with Gasteiger partial charge in [0.15, 0.2) is 22.9 Å². The predicted octanol–water partition coefficient (Wildman–Crippen LogP) is 5.16. The van der Waals surface area contributed by atoms with Crippen LogP contribution in [0.15, 0.2) is 23.0 Å². The summed E-state index contributed by atoms with van der Waals surface area (Å²) < 4.78 is 45.0. The van der Waals surface area contributed by atoms with Crippen molar-refractivity contribution in [1.82, 2.24) is 14.5 Å². The first kappa shape index (κ1) is 27.7. The van der Waals surface area contributed by atoms with Gasteiger partial charge in [-0.1, -0.05) is 19.8 Å². The van der Waals surface area contributed by atoms with E-state index in [4.69, 9.17) is 19.2 Å². The number of rotatable bonds is 6. The molecule has 9 nitrogen and oxygen atoms in total. The second kappa shape index (κ2) is 9.82. The maximum Gasteiger partial charge on any atom is 0.586 e. The molecule has 5 heterocycles. The molecule has 3 aliphatic heterocycles. The van der Waals surface area contributed by atoms with Gasteiger partial charge in [0.25, 0.3) is 5.56 Å². The van der Waals surface area contributed by atoms with Crippen LogP contribution in [0.25, 0.3) is 22.3 Å². The van der Waals surface area contributed by atoms with E-state index in [-0.39, 0.29) is 54.6 Å². The highest BCUT2D eigenvalue weighted by Gasteiger charge is 2.51. The number of carbonyl (C=O) groups is 2. The molecule has 1 saturated heterocycles. The molecule has 11 heteroatoms. The van der Waals surface area contributed by atoms with Crippen LogP contribution in [0.3, 0.4) is 0 Å². The summed E-state index contributed by atoms with van der Waals surface area (Å²) in [4.78, 5) is 47.8. The second-order valence-electron chi connectivity index (χ2n) is 12.7. The molecule has 0 spiro atoms. The second-order valence-corrected chi connectivity index (χ2v) is 12.7. The van der Waals surface area contributed by atoms with Crippen LogP contribution in [-0.2, 0) is 32.9 Å². The van der Waals surface area contributed by atoms with Crippen LogP contribution < -0.4 is 15.0 Å². The molecule has 5 aliphatic rings. The Morgan fingerprint density at radius 1 is 1.05 bits per heavy atom. The van der Waals surface area contributed by atoms with Gasteiger partial charge in [-0.05, 0) is 68.8 Å². The quantitative estimate of drug-likeness (QED) is 0.278. The number of ketones is 1. The lowest BCUT2D eigenvalue weighted by Crippen LogP contribution is -2.38. The van der Waals surface area contributed by atoms with Crippen LogP contribution in [0, 0.1) is 0 Å². The van der Waals surface area contributed by atoms with E-state index in [1.54, 1.807) is 23.6 Å². The number of esters is 1. The van der Waals surface area contributed by atoms with Gasteiger partial charge in [-0.2, -0.15) is 0 Å². The zero-order valence-corrected chi connectivity index (χ0v) is 24.5. The molecule has 1 unspecified atom stereocenters. The maximum atomic E-state index is 14.0. The van der Waals surface area contributed by atoms with Crippen molar-refractivity contribution in [2.24, 2.45) is 0 Å². The van der Waals surface area contributed by atoms with E-state index < -0.39 is 17.9 Å². The van der Waals surface area contributed by atoms with E-state index in [9.17, 15) is 23.2 Å². The van der Waals surface area contributed by atoms with Crippen LogP contribution >= 0.6 is 0 Å². The summed E-state index contributed by atoms with van der Waals surface area (Å²) in [6, 6.07) is 4.83. The van der Waals surface area contributed by atoms with Crippen molar-refractivity contribution in [3.63, 3.8) is 0 Å². The number of pyridine rings is 2. The topological polar surface area (TPSA) is 100.0 Å². The average Bonchev–Trinajstić information content (AvgIpc) is 3.58. The number of likely N-dealkylation sites (tertiary alicyclic amines) is 1. The van der Waals surface area contributed by atoms with Crippen molar-refractivity contribution in [3.05, 3.63) is 50.8 Å². The third-order valence-corrected chi connectivity index (χ3v) is 10.2. The molecule has 3 aromatic rings. The summed E-state index contributed by atoms with van der Waals surface area (Å²) in [5.74, 6) is -0.679. The van der Waals surface area contributed by atoms with Crippen LogP contribution in [-0.4, -0.2) is 52.1 Å². The lowest BCUT2D eigenvalue weighted by atomic mass is 9.76. The van der Waals surface area contributed by atoms with Gasteiger partial charge < -0.3 is 23.7 Å². The van der Waals surface area contributed by atoms with E-state index >= 15 is 0 Å². The molecule has 230 valence electrons. The summed E-state index contributed by atoms with van der Waals surface area (Å²) in [6.45, 7) is 4.53. The highest BCUT2D eigenvalue weighted by atomic mass is 19.3. The monoisotopic (exact) mass is 605 g/mol. The van der Waals surface area contributed by atoms with E-state index in [0.29, 0.717) is 40.0 Å². The molecule has 1 saturated carbocycles. The van der Waals surface area contributed by atoms with Crippen molar-refractivity contribution >= 4 is 22.7 Å². The Bertz CT molecular complexity index is 1810. The van der Waals surface area contributed by atoms with Crippen LogP contribution in [0.4, 0.5) is 8.78 Å². The largest absolute Gasteiger partial charge is 0.586 e. The smallest absolute Gasteiger partial charge is 0.446 e. The Labute approximate surface area is 252 Å². The Morgan fingerprint density at radius 3 is 2.50 bits per heavy atom. The number of piperidine rings is 1. The number of carbonyl (C=O) groups excluding carboxylic acids is 2.